The summed E-state index contributed by atoms with van der Waals surface area (Å²) in [5.41, 5.74) is 1.22. The molecule has 1 aromatic heterocycles. The first-order valence-electron chi connectivity index (χ1n) is 8.34. The first-order chi connectivity index (χ1) is 13.3. The van der Waals surface area contributed by atoms with Gasteiger partial charge in [-0.25, -0.2) is 9.18 Å². The Balaban J connectivity index is 1.71. The maximum absolute atomic E-state index is 13.4. The van der Waals surface area contributed by atoms with E-state index in [0.29, 0.717) is 33.0 Å². The number of hydrogen-bond acceptors (Lipinski definition) is 5. The van der Waals surface area contributed by atoms with Gasteiger partial charge in [0.2, 0.25) is 5.76 Å². The molecule has 28 heavy (non-hydrogen) atoms. The van der Waals surface area contributed by atoms with Gasteiger partial charge < -0.3 is 19.2 Å². The summed E-state index contributed by atoms with van der Waals surface area (Å²) in [5, 5.41) is 3.40. The van der Waals surface area contributed by atoms with Crippen molar-refractivity contribution in [1.29, 1.82) is 0 Å². The Morgan fingerprint density at radius 1 is 1.21 bits per heavy atom. The fraction of sp³-hybridized carbons (Fsp3) is 0.200. The van der Waals surface area contributed by atoms with E-state index in [9.17, 15) is 14.0 Å². The molecule has 0 aliphatic heterocycles. The highest BCUT2D eigenvalue weighted by Crippen LogP contribution is 2.28. The van der Waals surface area contributed by atoms with Crippen molar-refractivity contribution >= 4 is 40.1 Å². The lowest BCUT2D eigenvalue weighted by Crippen LogP contribution is -2.30. The molecule has 146 valence electrons. The van der Waals surface area contributed by atoms with E-state index < -0.39 is 23.8 Å². The maximum Gasteiger partial charge on any atom is 0.375 e. The van der Waals surface area contributed by atoms with Crippen molar-refractivity contribution < 1.29 is 27.9 Å². The molecule has 1 heterocycles. The molecule has 2 aromatic carbocycles. The lowest BCUT2D eigenvalue weighted by molar-refractivity contribution is -0.123. The molecule has 0 unspecified atom stereocenters. The molecule has 3 rings (SSSR count). The number of benzene rings is 2. The van der Waals surface area contributed by atoms with Gasteiger partial charge >= 0.3 is 5.97 Å². The molecule has 0 saturated carbocycles. The van der Waals surface area contributed by atoms with E-state index in [1.54, 1.807) is 19.1 Å². The van der Waals surface area contributed by atoms with Gasteiger partial charge in [0.1, 0.15) is 17.1 Å². The Bertz CT molecular complexity index is 1060. The molecule has 8 heteroatoms. The van der Waals surface area contributed by atoms with Crippen LogP contribution in [0.3, 0.4) is 0 Å². The number of carbonyl (C=O) groups excluding carboxylic acids is 2. The average Bonchev–Trinajstić information content (AvgIpc) is 2.98. The predicted octanol–water partition coefficient (Wildman–Crippen LogP) is 4.73. The molecule has 0 radical (unpaired) electrons. The van der Waals surface area contributed by atoms with Crippen LogP contribution in [0.15, 0.2) is 40.8 Å². The van der Waals surface area contributed by atoms with Crippen LogP contribution in [0.1, 0.15) is 23.0 Å². The molecule has 1 N–H and O–H groups in total. The number of hydrogen-bond donors (Lipinski definition) is 1. The lowest BCUT2D eigenvalue weighted by Gasteiger charge is -2.13. The number of rotatable bonds is 5. The van der Waals surface area contributed by atoms with E-state index in [2.05, 4.69) is 5.32 Å². The van der Waals surface area contributed by atoms with Crippen molar-refractivity contribution in [2.45, 2.75) is 20.0 Å². The summed E-state index contributed by atoms with van der Waals surface area (Å²) < 4.78 is 29.1. The third-order valence-corrected chi connectivity index (χ3v) is 4.45. The predicted molar refractivity (Wildman–Crippen MR) is 102 cm³/mol. The van der Waals surface area contributed by atoms with Gasteiger partial charge in [-0.05, 0) is 50.2 Å². The third kappa shape index (κ3) is 3.94. The third-order valence-electron chi connectivity index (χ3n) is 4.16. The molecule has 0 bridgehead atoms. The van der Waals surface area contributed by atoms with Crippen LogP contribution >= 0.6 is 11.6 Å². The van der Waals surface area contributed by atoms with Gasteiger partial charge in [0, 0.05) is 16.6 Å². The van der Waals surface area contributed by atoms with Crippen molar-refractivity contribution in [3.05, 3.63) is 58.6 Å². The molecule has 6 nitrogen and oxygen atoms in total. The number of halogens is 2. The van der Waals surface area contributed by atoms with Gasteiger partial charge in [0.25, 0.3) is 5.91 Å². The zero-order valence-electron chi connectivity index (χ0n) is 15.3. The average molecular weight is 406 g/mol. The minimum Gasteiger partial charge on any atom is -0.495 e. The minimum atomic E-state index is -1.10. The highest BCUT2D eigenvalue weighted by Gasteiger charge is 2.24. The minimum absolute atomic E-state index is 0.0762. The van der Waals surface area contributed by atoms with Crippen LogP contribution in [-0.4, -0.2) is 25.1 Å². The van der Waals surface area contributed by atoms with E-state index in [-0.39, 0.29) is 5.76 Å². The summed E-state index contributed by atoms with van der Waals surface area (Å²) in [4.78, 5) is 24.7. The number of anilines is 1. The zero-order valence-corrected chi connectivity index (χ0v) is 16.1. The summed E-state index contributed by atoms with van der Waals surface area (Å²) in [6.07, 6.45) is -1.10. The molecule has 0 aliphatic rings. The molecule has 0 fully saturated rings. The van der Waals surface area contributed by atoms with Crippen molar-refractivity contribution in [3.8, 4) is 5.75 Å². The van der Waals surface area contributed by atoms with E-state index in [0.717, 1.165) is 0 Å². The van der Waals surface area contributed by atoms with Crippen LogP contribution < -0.4 is 10.1 Å². The standard InChI is InChI=1S/C20H17ClFNO5/c1-10-14-8-12(22)4-6-16(14)28-18(10)20(25)27-11(2)19(24)23-13-5-7-17(26-3)15(21)9-13/h4-9,11H,1-3H3,(H,23,24)/t11-/m0/s1. The normalized spacial score (nSPS) is 11.9. The molecule has 0 aliphatic carbocycles. The van der Waals surface area contributed by atoms with Crippen LogP contribution in [-0.2, 0) is 9.53 Å². The SMILES string of the molecule is COc1ccc(NC(=O)[C@H](C)OC(=O)c2oc3ccc(F)cc3c2C)cc1Cl. The van der Waals surface area contributed by atoms with E-state index >= 15 is 0 Å². The van der Waals surface area contributed by atoms with Gasteiger partial charge in [-0.2, -0.15) is 0 Å². The van der Waals surface area contributed by atoms with Gasteiger partial charge in [0.15, 0.2) is 6.10 Å². The van der Waals surface area contributed by atoms with Crippen LogP contribution in [0, 0.1) is 12.7 Å². The molecule has 1 amide bonds. The van der Waals surface area contributed by atoms with Crippen LogP contribution in [0.5, 0.6) is 5.75 Å². The molecular formula is C20H17ClFNO5. The second-order valence-corrected chi connectivity index (χ2v) is 6.49. The molecule has 1 atom stereocenters. The van der Waals surface area contributed by atoms with Gasteiger partial charge in [-0.3, -0.25) is 4.79 Å². The monoisotopic (exact) mass is 405 g/mol. The number of amides is 1. The Morgan fingerprint density at radius 3 is 2.64 bits per heavy atom. The van der Waals surface area contributed by atoms with E-state index in [4.69, 9.17) is 25.5 Å². The summed E-state index contributed by atoms with van der Waals surface area (Å²) in [5.74, 6) is -1.41. The number of methoxy groups -OCH3 is 1. The number of furan rings is 1. The molecule has 0 spiro atoms. The smallest absolute Gasteiger partial charge is 0.375 e. The van der Waals surface area contributed by atoms with Crippen molar-refractivity contribution in [2.24, 2.45) is 0 Å². The highest BCUT2D eigenvalue weighted by atomic mass is 35.5. The quantitative estimate of drug-likeness (QED) is 0.621. The lowest BCUT2D eigenvalue weighted by atomic mass is 10.1. The summed E-state index contributed by atoms with van der Waals surface area (Å²) in [7, 11) is 1.48. The number of nitrogens with one attached hydrogen (secondary N) is 1. The topological polar surface area (TPSA) is 77.8 Å². The van der Waals surface area contributed by atoms with Crippen molar-refractivity contribution in [2.75, 3.05) is 12.4 Å². The largest absolute Gasteiger partial charge is 0.495 e. The van der Waals surface area contributed by atoms with E-state index in [1.165, 1.54) is 38.3 Å². The van der Waals surface area contributed by atoms with Crippen LogP contribution in [0.25, 0.3) is 11.0 Å². The van der Waals surface area contributed by atoms with Crippen molar-refractivity contribution in [3.63, 3.8) is 0 Å². The van der Waals surface area contributed by atoms with Crippen molar-refractivity contribution in [1.82, 2.24) is 0 Å². The fourth-order valence-electron chi connectivity index (χ4n) is 2.64. The second kappa shape index (κ2) is 7.90. The number of carbonyl (C=O) groups is 2. The van der Waals surface area contributed by atoms with Gasteiger partial charge in [-0.15, -0.1) is 0 Å². The highest BCUT2D eigenvalue weighted by molar-refractivity contribution is 6.32. The first-order valence-corrected chi connectivity index (χ1v) is 8.72. The number of esters is 1. The Labute approximate surface area is 165 Å². The molecule has 0 saturated heterocycles. The second-order valence-electron chi connectivity index (χ2n) is 6.08. The molecular weight excluding hydrogens is 389 g/mol. The molecule has 3 aromatic rings. The zero-order chi connectivity index (χ0) is 20.4. The van der Waals surface area contributed by atoms with E-state index in [1.807, 2.05) is 0 Å². The number of fused-ring (bicyclic) bond motifs is 1. The van der Waals surface area contributed by atoms with Crippen LogP contribution in [0.4, 0.5) is 10.1 Å². The van der Waals surface area contributed by atoms with Crippen LogP contribution in [0.2, 0.25) is 5.02 Å². The Kier molecular flexibility index (Phi) is 5.56. The number of ether oxygens (including phenoxy) is 2. The number of aryl methyl sites for hydroxylation is 1. The summed E-state index contributed by atoms with van der Waals surface area (Å²) in [6, 6.07) is 8.66. The first kappa shape index (κ1) is 19.7. The summed E-state index contributed by atoms with van der Waals surface area (Å²) >= 11 is 6.02. The Morgan fingerprint density at radius 2 is 1.96 bits per heavy atom. The maximum atomic E-state index is 13.4. The van der Waals surface area contributed by atoms with Gasteiger partial charge in [0.05, 0.1) is 12.1 Å². The summed E-state index contributed by atoms with van der Waals surface area (Å²) in [6.45, 7) is 3.04. The Hall–Kier alpha value is -3.06. The van der Waals surface area contributed by atoms with Gasteiger partial charge in [-0.1, -0.05) is 11.6 Å². The fourth-order valence-corrected chi connectivity index (χ4v) is 2.90.